The van der Waals surface area contributed by atoms with Gasteiger partial charge < -0.3 is 5.11 Å². The van der Waals surface area contributed by atoms with Gasteiger partial charge in [0.2, 0.25) is 0 Å². The van der Waals surface area contributed by atoms with E-state index in [-0.39, 0.29) is 0 Å². The number of alkyl halides is 3. The molecule has 0 aliphatic rings. The molecule has 0 aliphatic heterocycles. The van der Waals surface area contributed by atoms with Gasteiger partial charge in [0.15, 0.2) is 0 Å². The molecule has 0 amide bonds. The van der Waals surface area contributed by atoms with E-state index in [0.29, 0.717) is 15.6 Å². The summed E-state index contributed by atoms with van der Waals surface area (Å²) in [7, 11) is 0. The Labute approximate surface area is 94.1 Å². The Kier molecular flexibility index (Phi) is 2.67. The average Bonchev–Trinajstić information content (AvgIpc) is 2.58. The van der Waals surface area contributed by atoms with Gasteiger partial charge in [-0.25, -0.2) is 0 Å². The number of rotatable bonds is 1. The lowest BCUT2D eigenvalue weighted by molar-refractivity contribution is -0.134. The number of thiophene rings is 1. The van der Waals surface area contributed by atoms with Gasteiger partial charge >= 0.3 is 6.18 Å². The summed E-state index contributed by atoms with van der Waals surface area (Å²) in [5.74, 6) is 0. The van der Waals surface area contributed by atoms with Crippen LogP contribution in [-0.4, -0.2) is 5.11 Å². The largest absolute Gasteiger partial charge is 0.425 e. The molecule has 1 aromatic carbocycles. The molecule has 1 unspecified atom stereocenters. The first-order valence-electron chi connectivity index (χ1n) is 4.66. The summed E-state index contributed by atoms with van der Waals surface area (Å²) in [4.78, 5) is -0.606. The van der Waals surface area contributed by atoms with E-state index >= 15 is 0 Å². The first kappa shape index (κ1) is 11.4. The zero-order valence-corrected chi connectivity index (χ0v) is 9.19. The van der Waals surface area contributed by atoms with Crippen molar-refractivity contribution >= 4 is 21.4 Å². The summed E-state index contributed by atoms with van der Waals surface area (Å²) >= 11 is 0.718. The Morgan fingerprint density at radius 1 is 1.25 bits per heavy atom. The first-order valence-corrected chi connectivity index (χ1v) is 5.48. The minimum atomic E-state index is -4.30. The van der Waals surface area contributed by atoms with Gasteiger partial charge in [0.25, 0.3) is 0 Å². The van der Waals surface area contributed by atoms with Crippen LogP contribution in [0.15, 0.2) is 24.3 Å². The van der Waals surface area contributed by atoms with Crippen LogP contribution in [0.5, 0.6) is 0 Å². The van der Waals surface area contributed by atoms with Crippen molar-refractivity contribution in [2.75, 3.05) is 0 Å². The molecule has 0 spiro atoms. The van der Waals surface area contributed by atoms with Crippen LogP contribution in [0.25, 0.3) is 10.1 Å². The van der Waals surface area contributed by atoms with Gasteiger partial charge in [0, 0.05) is 4.70 Å². The number of fused-ring (bicyclic) bond motifs is 1. The maximum absolute atomic E-state index is 12.4. The van der Waals surface area contributed by atoms with E-state index in [0.717, 1.165) is 17.4 Å². The lowest BCUT2D eigenvalue weighted by atomic mass is 10.1. The van der Waals surface area contributed by atoms with Crippen LogP contribution in [0.1, 0.15) is 23.5 Å². The molecule has 1 atom stereocenters. The van der Waals surface area contributed by atoms with Gasteiger partial charge in [0.05, 0.1) is 6.10 Å². The van der Waals surface area contributed by atoms with Crippen LogP contribution < -0.4 is 0 Å². The Balaban J connectivity index is 2.54. The normalized spacial score (nSPS) is 14.3. The van der Waals surface area contributed by atoms with E-state index < -0.39 is 17.2 Å². The number of aliphatic hydroxyl groups excluding tert-OH is 1. The van der Waals surface area contributed by atoms with Crippen LogP contribution in [0.3, 0.4) is 0 Å². The quantitative estimate of drug-likeness (QED) is 0.807. The molecular weight excluding hydrogens is 237 g/mol. The molecule has 0 saturated heterocycles. The third-order valence-electron chi connectivity index (χ3n) is 2.30. The van der Waals surface area contributed by atoms with Gasteiger partial charge in [0.1, 0.15) is 4.88 Å². The topological polar surface area (TPSA) is 20.2 Å². The molecule has 1 heterocycles. The minimum Gasteiger partial charge on any atom is -0.389 e. The highest BCUT2D eigenvalue weighted by atomic mass is 32.1. The lowest BCUT2D eigenvalue weighted by Crippen LogP contribution is -2.00. The molecule has 0 radical (unpaired) electrons. The summed E-state index contributed by atoms with van der Waals surface area (Å²) in [5, 5.41) is 9.85. The summed E-state index contributed by atoms with van der Waals surface area (Å²) < 4.78 is 37.9. The number of hydrogen-bond donors (Lipinski definition) is 1. The Hall–Kier alpha value is -1.07. The SMILES string of the molecule is CC(O)c1ccc2sc(C(F)(F)F)cc2c1. The van der Waals surface area contributed by atoms with Crippen molar-refractivity contribution in [2.45, 2.75) is 19.2 Å². The molecule has 2 rings (SSSR count). The predicted molar refractivity (Wildman–Crippen MR) is 57.5 cm³/mol. The molecule has 0 bridgehead atoms. The van der Waals surface area contributed by atoms with Gasteiger partial charge in [-0.15, -0.1) is 11.3 Å². The van der Waals surface area contributed by atoms with E-state index in [2.05, 4.69) is 0 Å². The van der Waals surface area contributed by atoms with Crippen molar-refractivity contribution in [1.82, 2.24) is 0 Å². The van der Waals surface area contributed by atoms with Crippen LogP contribution in [0.2, 0.25) is 0 Å². The molecule has 0 saturated carbocycles. The van der Waals surface area contributed by atoms with Gasteiger partial charge in [-0.3, -0.25) is 0 Å². The second-order valence-electron chi connectivity index (χ2n) is 3.58. The zero-order chi connectivity index (χ0) is 11.9. The second-order valence-corrected chi connectivity index (χ2v) is 4.67. The van der Waals surface area contributed by atoms with Gasteiger partial charge in [-0.05, 0) is 36.1 Å². The standard InChI is InChI=1S/C11H9F3OS/c1-6(15)7-2-3-9-8(4-7)5-10(16-9)11(12,13)14/h2-6,15H,1H3. The van der Waals surface area contributed by atoms with Crippen LogP contribution in [0.4, 0.5) is 13.2 Å². The summed E-state index contributed by atoms with van der Waals surface area (Å²) in [6.45, 7) is 1.58. The molecule has 1 N–H and O–H groups in total. The van der Waals surface area contributed by atoms with Crippen molar-refractivity contribution in [3.8, 4) is 0 Å². The number of hydrogen-bond acceptors (Lipinski definition) is 2. The van der Waals surface area contributed by atoms with Gasteiger partial charge in [-0.2, -0.15) is 13.2 Å². The molecule has 5 heteroatoms. The number of halogens is 3. The molecule has 2 aromatic rings. The van der Waals surface area contributed by atoms with Crippen molar-refractivity contribution in [3.63, 3.8) is 0 Å². The zero-order valence-electron chi connectivity index (χ0n) is 8.38. The highest BCUT2D eigenvalue weighted by Crippen LogP contribution is 2.38. The Morgan fingerprint density at radius 3 is 2.50 bits per heavy atom. The first-order chi connectivity index (χ1) is 7.38. The van der Waals surface area contributed by atoms with E-state index in [1.54, 1.807) is 25.1 Å². The van der Waals surface area contributed by atoms with E-state index in [4.69, 9.17) is 0 Å². The Bertz CT molecular complexity index is 513. The third-order valence-corrected chi connectivity index (χ3v) is 3.46. The molecular formula is C11H9F3OS. The monoisotopic (exact) mass is 246 g/mol. The number of benzene rings is 1. The van der Waals surface area contributed by atoms with Crippen molar-refractivity contribution in [3.05, 3.63) is 34.7 Å². The predicted octanol–water partition coefficient (Wildman–Crippen LogP) is 3.97. The molecule has 16 heavy (non-hydrogen) atoms. The maximum atomic E-state index is 12.4. The maximum Gasteiger partial charge on any atom is 0.425 e. The third kappa shape index (κ3) is 2.05. The fraction of sp³-hybridized carbons (Fsp3) is 0.273. The minimum absolute atomic E-state index is 0.524. The van der Waals surface area contributed by atoms with Crippen molar-refractivity contribution < 1.29 is 18.3 Å². The fourth-order valence-corrected chi connectivity index (χ4v) is 2.37. The summed E-state index contributed by atoms with van der Waals surface area (Å²) in [5.41, 5.74) is 0.624. The van der Waals surface area contributed by atoms with E-state index in [9.17, 15) is 18.3 Å². The average molecular weight is 246 g/mol. The highest BCUT2D eigenvalue weighted by molar-refractivity contribution is 7.19. The van der Waals surface area contributed by atoms with Crippen LogP contribution in [-0.2, 0) is 6.18 Å². The fourth-order valence-electron chi connectivity index (χ4n) is 1.46. The molecule has 0 aliphatic carbocycles. The highest BCUT2D eigenvalue weighted by Gasteiger charge is 2.32. The van der Waals surface area contributed by atoms with Crippen LogP contribution >= 0.6 is 11.3 Å². The summed E-state index contributed by atoms with van der Waals surface area (Å²) in [6.07, 6.45) is -4.96. The molecule has 1 nitrogen and oxygen atoms in total. The van der Waals surface area contributed by atoms with Crippen molar-refractivity contribution in [2.24, 2.45) is 0 Å². The molecule has 86 valence electrons. The molecule has 0 fully saturated rings. The summed E-state index contributed by atoms with van der Waals surface area (Å²) in [6, 6.07) is 5.96. The van der Waals surface area contributed by atoms with Crippen molar-refractivity contribution in [1.29, 1.82) is 0 Å². The number of aliphatic hydroxyl groups is 1. The Morgan fingerprint density at radius 2 is 1.94 bits per heavy atom. The lowest BCUT2D eigenvalue weighted by Gasteiger charge is -2.03. The smallest absolute Gasteiger partial charge is 0.389 e. The van der Waals surface area contributed by atoms with Crippen LogP contribution in [0, 0.1) is 0 Å². The van der Waals surface area contributed by atoms with E-state index in [1.165, 1.54) is 0 Å². The van der Waals surface area contributed by atoms with E-state index in [1.807, 2.05) is 0 Å². The van der Waals surface area contributed by atoms with Gasteiger partial charge in [-0.1, -0.05) is 6.07 Å². The second kappa shape index (κ2) is 3.75. The molecule has 1 aromatic heterocycles.